The molecule has 2 amide bonds. The van der Waals surface area contributed by atoms with Crippen molar-refractivity contribution in [2.75, 3.05) is 33.7 Å². The van der Waals surface area contributed by atoms with Crippen molar-refractivity contribution in [2.45, 2.75) is 69.9 Å². The van der Waals surface area contributed by atoms with Crippen LogP contribution in [0.25, 0.3) is 0 Å². The molecule has 3 aliphatic rings. The first kappa shape index (κ1) is 22.3. The molecule has 5 nitrogen and oxygen atoms in total. The monoisotopic (exact) mass is 425 g/mol. The summed E-state index contributed by atoms with van der Waals surface area (Å²) < 4.78 is 0. The molecule has 4 rings (SSSR count). The highest BCUT2D eigenvalue weighted by molar-refractivity contribution is 5.79. The molecule has 5 heteroatoms. The molecule has 1 aromatic carbocycles. The summed E-state index contributed by atoms with van der Waals surface area (Å²) in [6.07, 6.45) is 8.88. The molecule has 1 heterocycles. The highest BCUT2D eigenvalue weighted by atomic mass is 16.2. The molecule has 1 saturated heterocycles. The number of rotatable bonds is 7. The van der Waals surface area contributed by atoms with Crippen molar-refractivity contribution in [3.05, 3.63) is 35.9 Å². The summed E-state index contributed by atoms with van der Waals surface area (Å²) in [5.41, 5.74) is 0.798. The first-order valence-corrected chi connectivity index (χ1v) is 12.0. The maximum absolute atomic E-state index is 13.5. The van der Waals surface area contributed by atoms with Crippen LogP contribution in [0.2, 0.25) is 0 Å². The standard InChI is InChI=1S/C26H39N3O2/c1-24(2,20-30)18-28-19-25(29(23(28)31)17-21-9-8-10-21)13-15-26(16-14-25,27(3)4)22-11-6-5-7-12-22/h5-7,11-12,20-21H,8-10,13-19H2,1-4H3/t25-,26+. The Balaban J connectivity index is 1.59. The van der Waals surface area contributed by atoms with Crippen LogP contribution >= 0.6 is 0 Å². The number of benzene rings is 1. The number of aldehydes is 1. The van der Waals surface area contributed by atoms with Crippen LogP contribution in [-0.2, 0) is 10.3 Å². The SMILES string of the molecule is CN(C)[C@]1(c2ccccc2)CC[C@]2(CC1)CN(CC(C)(C)C=O)C(=O)N2CC1CCC1. The third kappa shape index (κ3) is 4.02. The van der Waals surface area contributed by atoms with Crippen LogP contribution in [0.4, 0.5) is 4.79 Å². The maximum Gasteiger partial charge on any atom is 0.320 e. The Hall–Kier alpha value is -1.88. The minimum atomic E-state index is -0.505. The molecule has 31 heavy (non-hydrogen) atoms. The topological polar surface area (TPSA) is 43.9 Å². The summed E-state index contributed by atoms with van der Waals surface area (Å²) in [6, 6.07) is 11.0. The second-order valence-electron chi connectivity index (χ2n) is 11.2. The fourth-order valence-electron chi connectivity index (χ4n) is 6.04. The van der Waals surface area contributed by atoms with Gasteiger partial charge in [0.1, 0.15) is 6.29 Å². The van der Waals surface area contributed by atoms with Gasteiger partial charge < -0.3 is 14.6 Å². The molecule has 0 aromatic heterocycles. The van der Waals surface area contributed by atoms with E-state index in [-0.39, 0.29) is 17.1 Å². The van der Waals surface area contributed by atoms with E-state index in [0.29, 0.717) is 12.5 Å². The third-order valence-corrected chi connectivity index (χ3v) is 8.32. The molecule has 1 aromatic rings. The molecule has 3 fully saturated rings. The van der Waals surface area contributed by atoms with Gasteiger partial charge in [-0.3, -0.25) is 4.90 Å². The zero-order chi connectivity index (χ0) is 22.3. The molecule has 170 valence electrons. The van der Waals surface area contributed by atoms with E-state index < -0.39 is 5.41 Å². The molecule has 0 bridgehead atoms. The summed E-state index contributed by atoms with van der Waals surface area (Å²) >= 11 is 0. The van der Waals surface area contributed by atoms with E-state index in [1.165, 1.54) is 24.8 Å². The Morgan fingerprint density at radius 2 is 1.74 bits per heavy atom. The molecule has 0 N–H and O–H groups in total. The predicted octanol–water partition coefficient (Wildman–Crippen LogP) is 4.52. The number of carbonyl (C=O) groups excluding carboxylic acids is 2. The smallest absolute Gasteiger partial charge is 0.320 e. The lowest BCUT2D eigenvalue weighted by molar-refractivity contribution is -0.115. The van der Waals surface area contributed by atoms with Crippen molar-refractivity contribution in [2.24, 2.45) is 11.3 Å². The number of carbonyl (C=O) groups is 2. The van der Waals surface area contributed by atoms with E-state index in [1.54, 1.807) is 0 Å². The fourth-order valence-corrected chi connectivity index (χ4v) is 6.04. The number of nitrogens with zero attached hydrogens (tertiary/aromatic N) is 3. The summed E-state index contributed by atoms with van der Waals surface area (Å²) in [7, 11) is 4.38. The summed E-state index contributed by atoms with van der Waals surface area (Å²) in [5.74, 6) is 0.648. The fraction of sp³-hybridized carbons (Fsp3) is 0.692. The van der Waals surface area contributed by atoms with Gasteiger partial charge in [0.25, 0.3) is 0 Å². The molecule has 0 radical (unpaired) electrons. The highest BCUT2D eigenvalue weighted by Crippen LogP contribution is 2.49. The second kappa shape index (κ2) is 8.23. The average Bonchev–Trinajstić information content (AvgIpc) is 2.96. The average molecular weight is 426 g/mol. The van der Waals surface area contributed by atoms with Gasteiger partial charge in [-0.25, -0.2) is 4.79 Å². The van der Waals surface area contributed by atoms with Crippen molar-refractivity contribution >= 4 is 12.3 Å². The van der Waals surface area contributed by atoms with Crippen molar-refractivity contribution < 1.29 is 9.59 Å². The molecular formula is C26H39N3O2. The van der Waals surface area contributed by atoms with Crippen LogP contribution in [-0.4, -0.2) is 66.3 Å². The molecule has 2 saturated carbocycles. The molecule has 0 unspecified atom stereocenters. The Kier molecular flexibility index (Phi) is 5.93. The highest BCUT2D eigenvalue weighted by Gasteiger charge is 2.55. The Morgan fingerprint density at radius 1 is 1.10 bits per heavy atom. The minimum absolute atomic E-state index is 0.0210. The van der Waals surface area contributed by atoms with Crippen LogP contribution in [0.5, 0.6) is 0 Å². The van der Waals surface area contributed by atoms with Crippen molar-refractivity contribution in [1.82, 2.24) is 14.7 Å². The normalized spacial score (nSPS) is 29.6. The Morgan fingerprint density at radius 3 is 2.26 bits per heavy atom. The zero-order valence-corrected chi connectivity index (χ0v) is 19.8. The first-order chi connectivity index (χ1) is 14.7. The van der Waals surface area contributed by atoms with Gasteiger partial charge in [0.15, 0.2) is 0 Å². The lowest BCUT2D eigenvalue weighted by atomic mass is 9.68. The number of hydrogen-bond donors (Lipinski definition) is 0. The third-order valence-electron chi connectivity index (χ3n) is 8.32. The van der Waals surface area contributed by atoms with Crippen LogP contribution in [0.3, 0.4) is 0 Å². The van der Waals surface area contributed by atoms with Gasteiger partial charge >= 0.3 is 6.03 Å². The lowest BCUT2D eigenvalue weighted by Crippen LogP contribution is -2.56. The van der Waals surface area contributed by atoms with E-state index in [0.717, 1.165) is 45.1 Å². The summed E-state index contributed by atoms with van der Waals surface area (Å²) in [5, 5.41) is 0. The summed E-state index contributed by atoms with van der Waals surface area (Å²) in [4.78, 5) is 31.7. The van der Waals surface area contributed by atoms with E-state index in [4.69, 9.17) is 0 Å². The van der Waals surface area contributed by atoms with Crippen LogP contribution in [0.15, 0.2) is 30.3 Å². The number of amides is 2. The van der Waals surface area contributed by atoms with Crippen molar-refractivity contribution in [1.29, 1.82) is 0 Å². The van der Waals surface area contributed by atoms with Crippen molar-refractivity contribution in [3.63, 3.8) is 0 Å². The van der Waals surface area contributed by atoms with Crippen LogP contribution in [0.1, 0.15) is 64.4 Å². The molecule has 2 aliphatic carbocycles. The second-order valence-corrected chi connectivity index (χ2v) is 11.2. The van der Waals surface area contributed by atoms with E-state index >= 15 is 0 Å². The van der Waals surface area contributed by atoms with E-state index in [9.17, 15) is 9.59 Å². The maximum atomic E-state index is 13.5. The molecule has 1 aliphatic heterocycles. The quantitative estimate of drug-likeness (QED) is 0.604. The van der Waals surface area contributed by atoms with Crippen molar-refractivity contribution in [3.8, 4) is 0 Å². The van der Waals surface area contributed by atoms with E-state index in [2.05, 4.69) is 54.2 Å². The van der Waals surface area contributed by atoms with Crippen LogP contribution in [0, 0.1) is 11.3 Å². The van der Waals surface area contributed by atoms with Gasteiger partial charge in [-0.1, -0.05) is 50.6 Å². The Bertz CT molecular complexity index is 792. The zero-order valence-electron chi connectivity index (χ0n) is 19.8. The minimum Gasteiger partial charge on any atom is -0.321 e. The molecular weight excluding hydrogens is 386 g/mol. The largest absolute Gasteiger partial charge is 0.321 e. The predicted molar refractivity (Wildman–Crippen MR) is 124 cm³/mol. The van der Waals surface area contributed by atoms with Gasteiger partial charge in [-0.2, -0.15) is 0 Å². The number of urea groups is 1. The van der Waals surface area contributed by atoms with E-state index in [1.807, 2.05) is 18.7 Å². The van der Waals surface area contributed by atoms with Gasteiger partial charge in [-0.15, -0.1) is 0 Å². The van der Waals surface area contributed by atoms with Gasteiger partial charge in [0.05, 0.1) is 5.54 Å². The van der Waals surface area contributed by atoms with Gasteiger partial charge in [0, 0.05) is 30.6 Å². The lowest BCUT2D eigenvalue weighted by Gasteiger charge is -2.51. The van der Waals surface area contributed by atoms with Crippen LogP contribution < -0.4 is 0 Å². The van der Waals surface area contributed by atoms with Gasteiger partial charge in [0.2, 0.25) is 0 Å². The molecule has 1 spiro atoms. The summed E-state index contributed by atoms with van der Waals surface area (Å²) in [6.45, 7) is 6.02. The first-order valence-electron chi connectivity index (χ1n) is 12.0. The Labute approximate surface area is 187 Å². The van der Waals surface area contributed by atoms with Gasteiger partial charge in [-0.05, 0) is 64.1 Å². The number of hydrogen-bond acceptors (Lipinski definition) is 3. The molecule has 0 atom stereocenters.